The summed E-state index contributed by atoms with van der Waals surface area (Å²) >= 11 is 0. The zero-order chi connectivity index (χ0) is 29.0. The number of nitrogens with one attached hydrogen (secondary N) is 3. The molecular formula is C27H34F4N6O3. The second kappa shape index (κ2) is 12.3. The summed E-state index contributed by atoms with van der Waals surface area (Å²) in [6, 6.07) is 0.788. The third-order valence-electron chi connectivity index (χ3n) is 7.72. The molecule has 0 spiro atoms. The Labute approximate surface area is 229 Å². The third kappa shape index (κ3) is 6.56. The molecule has 4 rings (SSSR count). The van der Waals surface area contributed by atoms with Gasteiger partial charge in [0.25, 0.3) is 5.91 Å². The molecule has 218 valence electrons. The highest BCUT2D eigenvalue weighted by atomic mass is 19.4. The summed E-state index contributed by atoms with van der Waals surface area (Å²) in [5.41, 5.74) is 0.457. The van der Waals surface area contributed by atoms with Gasteiger partial charge in [-0.2, -0.15) is 18.3 Å². The molecule has 2 fully saturated rings. The number of halogens is 4. The SMILES string of the molecule is CCn1nccc1C(=O)N[C@H](C(=O)Nc1ccc([C@H](C)N2C[C@@H](C(F)(F)F)NC2=O)cc1F)C1CCCCCC1. The Hall–Kier alpha value is -3.64. The van der Waals surface area contributed by atoms with Gasteiger partial charge in [-0.3, -0.25) is 14.3 Å². The van der Waals surface area contributed by atoms with Crippen LogP contribution >= 0.6 is 0 Å². The van der Waals surface area contributed by atoms with Crippen molar-refractivity contribution in [3.05, 3.63) is 47.5 Å². The Balaban J connectivity index is 1.50. The molecule has 2 heterocycles. The van der Waals surface area contributed by atoms with Crippen molar-refractivity contribution in [3.63, 3.8) is 0 Å². The molecule has 9 nitrogen and oxygen atoms in total. The largest absolute Gasteiger partial charge is 0.410 e. The monoisotopic (exact) mass is 566 g/mol. The Morgan fingerprint density at radius 2 is 1.85 bits per heavy atom. The molecule has 1 aliphatic heterocycles. The van der Waals surface area contributed by atoms with Crippen molar-refractivity contribution in [2.24, 2.45) is 5.92 Å². The van der Waals surface area contributed by atoms with Crippen molar-refractivity contribution < 1.29 is 31.9 Å². The Bertz CT molecular complexity index is 1230. The molecule has 1 aromatic carbocycles. The second-order valence-corrected chi connectivity index (χ2v) is 10.3. The van der Waals surface area contributed by atoms with Gasteiger partial charge in [0.1, 0.15) is 23.6 Å². The van der Waals surface area contributed by atoms with Gasteiger partial charge in [0.05, 0.1) is 18.3 Å². The summed E-state index contributed by atoms with van der Waals surface area (Å²) in [7, 11) is 0. The Morgan fingerprint density at radius 1 is 1.15 bits per heavy atom. The molecular weight excluding hydrogens is 532 g/mol. The molecule has 13 heteroatoms. The fraction of sp³-hybridized carbons (Fsp3) is 0.556. The van der Waals surface area contributed by atoms with Crippen LogP contribution in [0.1, 0.15) is 74.5 Å². The molecule has 1 aromatic heterocycles. The van der Waals surface area contributed by atoms with E-state index >= 15 is 4.39 Å². The first kappa shape index (κ1) is 29.3. The van der Waals surface area contributed by atoms with Crippen LogP contribution in [-0.2, 0) is 11.3 Å². The topological polar surface area (TPSA) is 108 Å². The van der Waals surface area contributed by atoms with Gasteiger partial charge in [0.15, 0.2) is 0 Å². The molecule has 40 heavy (non-hydrogen) atoms. The maximum atomic E-state index is 15.2. The van der Waals surface area contributed by atoms with Crippen LogP contribution in [0.4, 0.5) is 28.0 Å². The zero-order valence-corrected chi connectivity index (χ0v) is 22.4. The summed E-state index contributed by atoms with van der Waals surface area (Å²) < 4.78 is 55.9. The van der Waals surface area contributed by atoms with Crippen molar-refractivity contribution in [1.82, 2.24) is 25.3 Å². The normalized spacial score (nSPS) is 20.0. The van der Waals surface area contributed by atoms with Crippen LogP contribution in [0.25, 0.3) is 0 Å². The summed E-state index contributed by atoms with van der Waals surface area (Å²) in [4.78, 5) is 39.6. The van der Waals surface area contributed by atoms with Crippen molar-refractivity contribution >= 4 is 23.5 Å². The minimum atomic E-state index is -4.59. The molecule has 2 aromatic rings. The average molecular weight is 567 g/mol. The highest BCUT2D eigenvalue weighted by molar-refractivity contribution is 6.00. The standard InChI is InChI=1S/C27H34F4N6O3/c1-3-37-21(12-13-32-37)24(38)35-23(17-8-6-4-5-7-9-17)25(39)33-20-11-10-18(14-19(20)28)16(2)36-15-22(27(29,30)31)34-26(36)40/h10-14,16-17,22-23H,3-9,15H2,1-2H3,(H,33,39)(H,34,40)(H,35,38)/t16-,22-,23-/m0/s1. The lowest BCUT2D eigenvalue weighted by molar-refractivity contribution is -0.150. The Kier molecular flexibility index (Phi) is 8.99. The number of amides is 4. The number of aromatic nitrogens is 2. The van der Waals surface area contributed by atoms with Crippen molar-refractivity contribution in [2.75, 3.05) is 11.9 Å². The third-order valence-corrected chi connectivity index (χ3v) is 7.72. The maximum absolute atomic E-state index is 15.2. The van der Waals surface area contributed by atoms with E-state index in [9.17, 15) is 27.6 Å². The van der Waals surface area contributed by atoms with E-state index in [-0.39, 0.29) is 17.2 Å². The lowest BCUT2D eigenvalue weighted by Gasteiger charge is -2.27. The van der Waals surface area contributed by atoms with Crippen LogP contribution < -0.4 is 16.0 Å². The predicted molar refractivity (Wildman–Crippen MR) is 139 cm³/mol. The number of carbonyl (C=O) groups excluding carboxylic acids is 3. The summed E-state index contributed by atoms with van der Waals surface area (Å²) in [6.45, 7) is 3.23. The first-order valence-electron chi connectivity index (χ1n) is 13.6. The fourth-order valence-corrected chi connectivity index (χ4v) is 5.39. The summed E-state index contributed by atoms with van der Waals surface area (Å²) in [5.74, 6) is -1.95. The van der Waals surface area contributed by atoms with E-state index in [1.54, 1.807) is 6.07 Å². The molecule has 1 saturated carbocycles. The lowest BCUT2D eigenvalue weighted by atomic mass is 9.91. The van der Waals surface area contributed by atoms with E-state index in [0.29, 0.717) is 12.2 Å². The molecule has 0 unspecified atom stereocenters. The van der Waals surface area contributed by atoms with E-state index in [1.165, 1.54) is 29.9 Å². The number of urea groups is 1. The number of benzene rings is 1. The van der Waals surface area contributed by atoms with E-state index in [1.807, 2.05) is 12.2 Å². The Morgan fingerprint density at radius 3 is 2.45 bits per heavy atom. The lowest BCUT2D eigenvalue weighted by Crippen LogP contribution is -2.49. The van der Waals surface area contributed by atoms with Crippen LogP contribution in [0, 0.1) is 11.7 Å². The van der Waals surface area contributed by atoms with Gasteiger partial charge >= 0.3 is 12.2 Å². The van der Waals surface area contributed by atoms with E-state index in [2.05, 4.69) is 15.7 Å². The molecule has 2 aliphatic rings. The van der Waals surface area contributed by atoms with Crippen LogP contribution in [0.2, 0.25) is 0 Å². The summed E-state index contributed by atoms with van der Waals surface area (Å²) in [6.07, 6.45) is 2.29. The first-order chi connectivity index (χ1) is 19.0. The quantitative estimate of drug-likeness (QED) is 0.316. The van der Waals surface area contributed by atoms with Gasteiger partial charge in [-0.1, -0.05) is 31.7 Å². The first-order valence-corrected chi connectivity index (χ1v) is 13.6. The highest BCUT2D eigenvalue weighted by Crippen LogP contribution is 2.31. The number of hydrogen-bond donors (Lipinski definition) is 3. The van der Waals surface area contributed by atoms with E-state index in [0.717, 1.165) is 49.5 Å². The van der Waals surface area contributed by atoms with E-state index in [4.69, 9.17) is 0 Å². The van der Waals surface area contributed by atoms with Crippen molar-refractivity contribution in [2.45, 2.75) is 83.2 Å². The highest BCUT2D eigenvalue weighted by Gasteiger charge is 2.48. The molecule has 1 saturated heterocycles. The van der Waals surface area contributed by atoms with Gasteiger partial charge in [0.2, 0.25) is 5.91 Å². The van der Waals surface area contributed by atoms with Crippen molar-refractivity contribution in [3.8, 4) is 0 Å². The number of aryl methyl sites for hydroxylation is 1. The number of alkyl halides is 3. The van der Waals surface area contributed by atoms with Crippen LogP contribution in [0.5, 0.6) is 0 Å². The van der Waals surface area contributed by atoms with Gasteiger partial charge in [0, 0.05) is 12.7 Å². The predicted octanol–water partition coefficient (Wildman–Crippen LogP) is 4.77. The smallest absolute Gasteiger partial charge is 0.339 e. The van der Waals surface area contributed by atoms with Crippen LogP contribution in [0.3, 0.4) is 0 Å². The zero-order valence-electron chi connectivity index (χ0n) is 22.4. The number of carbonyl (C=O) groups is 3. The molecule has 1 aliphatic carbocycles. The second-order valence-electron chi connectivity index (χ2n) is 10.3. The molecule has 3 atom stereocenters. The van der Waals surface area contributed by atoms with Gasteiger partial charge in [-0.25, -0.2) is 9.18 Å². The number of rotatable bonds is 8. The van der Waals surface area contributed by atoms with Gasteiger partial charge in [-0.05, 0) is 56.4 Å². The van der Waals surface area contributed by atoms with E-state index < -0.39 is 54.5 Å². The number of nitrogens with zero attached hydrogens (tertiary/aromatic N) is 3. The number of hydrogen-bond acceptors (Lipinski definition) is 4. The maximum Gasteiger partial charge on any atom is 0.410 e. The minimum Gasteiger partial charge on any atom is -0.339 e. The van der Waals surface area contributed by atoms with Gasteiger partial charge < -0.3 is 20.9 Å². The van der Waals surface area contributed by atoms with Gasteiger partial charge in [-0.15, -0.1) is 0 Å². The molecule has 0 radical (unpaired) electrons. The minimum absolute atomic E-state index is 0.133. The van der Waals surface area contributed by atoms with Crippen LogP contribution in [-0.4, -0.2) is 57.3 Å². The summed E-state index contributed by atoms with van der Waals surface area (Å²) in [5, 5.41) is 11.4. The molecule has 4 amide bonds. The number of anilines is 1. The van der Waals surface area contributed by atoms with Crippen LogP contribution in [0.15, 0.2) is 30.5 Å². The molecule has 3 N–H and O–H groups in total. The fourth-order valence-electron chi connectivity index (χ4n) is 5.39. The average Bonchev–Trinajstić information content (AvgIpc) is 3.46. The molecule has 0 bridgehead atoms. The van der Waals surface area contributed by atoms with Crippen molar-refractivity contribution in [1.29, 1.82) is 0 Å².